The van der Waals surface area contributed by atoms with Gasteiger partial charge in [0.1, 0.15) is 17.6 Å². The maximum Gasteiger partial charge on any atom is 0.255 e. The van der Waals surface area contributed by atoms with Crippen LogP contribution in [0.2, 0.25) is 18.6 Å². The fourth-order valence-electron chi connectivity index (χ4n) is 6.50. The zero-order chi connectivity index (χ0) is 31.6. The summed E-state index contributed by atoms with van der Waals surface area (Å²) < 4.78 is 33.7. The molecule has 2 aliphatic heterocycles. The Bertz CT molecular complexity index is 1490. The molecule has 0 aromatic heterocycles. The number of fused-ring (bicyclic) bond motifs is 2. The van der Waals surface area contributed by atoms with Crippen molar-refractivity contribution >= 4 is 25.9 Å². The first-order valence-electron chi connectivity index (χ1n) is 15.0. The summed E-state index contributed by atoms with van der Waals surface area (Å²) in [4.78, 5) is 28.4. The molecule has 2 heterocycles. The van der Waals surface area contributed by atoms with Gasteiger partial charge in [0.2, 0.25) is 14.3 Å². The smallest absolute Gasteiger partial charge is 0.255 e. The summed E-state index contributed by atoms with van der Waals surface area (Å²) in [6.45, 7) is 5.41. The van der Waals surface area contributed by atoms with Crippen LogP contribution in [-0.2, 0) is 22.5 Å². The Kier molecular flexibility index (Phi) is 9.43. The topological polar surface area (TPSA) is 97.3 Å². The van der Waals surface area contributed by atoms with Crippen molar-refractivity contribution in [1.29, 1.82) is 0 Å². The summed E-state index contributed by atoms with van der Waals surface area (Å²) in [7, 11) is -0.272. The highest BCUT2D eigenvalue weighted by molar-refractivity contribution is 6.72. The molecule has 0 bridgehead atoms. The first-order valence-corrected chi connectivity index (χ1v) is 17.9. The van der Waals surface area contributed by atoms with E-state index in [9.17, 15) is 14.7 Å². The summed E-state index contributed by atoms with van der Waals surface area (Å²) in [6.07, 6.45) is -0.507. The number of hydrogen-bond acceptors (Lipinski definition) is 6. The molecule has 0 saturated heterocycles. The Labute approximate surface area is 259 Å². The molecule has 8 nitrogen and oxygen atoms in total. The molecule has 1 unspecified atom stereocenters. The van der Waals surface area contributed by atoms with E-state index in [1.54, 1.807) is 68.6 Å². The van der Waals surface area contributed by atoms with Gasteiger partial charge in [-0.2, -0.15) is 0 Å². The van der Waals surface area contributed by atoms with Gasteiger partial charge < -0.3 is 33.6 Å². The molecule has 0 aliphatic carbocycles. The number of amides is 2. The predicted octanol–water partition coefficient (Wildman–Crippen LogP) is 5.91. The van der Waals surface area contributed by atoms with Crippen molar-refractivity contribution in [2.45, 2.75) is 63.2 Å². The Morgan fingerprint density at radius 3 is 2.43 bits per heavy atom. The van der Waals surface area contributed by atoms with Gasteiger partial charge >= 0.3 is 0 Å². The van der Waals surface area contributed by atoms with Crippen LogP contribution in [0, 0.1) is 5.92 Å². The third-order valence-corrected chi connectivity index (χ3v) is 11.3. The standard InChI is InChI=1S/C34H41FN2O6Si/c1-21-32(42-3)28-17-25(36-34(40)22-10-13-27(41-2)14-11-22)12-15-29(28)43-33(21)30(44(4,5)35)18-31(39)37-19-24-9-7-6-8-23(24)16-26(37)20-38/h6-15,17,21,26,30,32-33,38H,16,18-20H2,1-5H3,(H,36,40)/t21-,26-,30?,32-,33-/m0/s1. The Balaban J connectivity index is 1.37. The van der Waals surface area contributed by atoms with E-state index >= 15 is 4.11 Å². The second-order valence-corrected chi connectivity index (χ2v) is 16.1. The zero-order valence-corrected chi connectivity index (χ0v) is 26.9. The van der Waals surface area contributed by atoms with Crippen LogP contribution >= 0.6 is 0 Å². The van der Waals surface area contributed by atoms with Crippen LogP contribution in [0.1, 0.15) is 46.5 Å². The lowest BCUT2D eigenvalue weighted by Gasteiger charge is -2.44. The minimum atomic E-state index is -3.44. The van der Waals surface area contributed by atoms with Crippen LogP contribution in [0.3, 0.4) is 0 Å². The monoisotopic (exact) mass is 620 g/mol. The van der Waals surface area contributed by atoms with Gasteiger partial charge in [-0.3, -0.25) is 9.59 Å². The number of aliphatic hydroxyl groups excluding tert-OH is 1. The van der Waals surface area contributed by atoms with Gasteiger partial charge in [0.15, 0.2) is 0 Å². The number of nitrogens with zero attached hydrogens (tertiary/aromatic N) is 1. The Morgan fingerprint density at radius 2 is 1.80 bits per heavy atom. The molecule has 5 rings (SSSR count). The van der Waals surface area contributed by atoms with E-state index in [1.807, 2.05) is 37.3 Å². The summed E-state index contributed by atoms with van der Waals surface area (Å²) in [6, 6.07) is 19.7. The number of ether oxygens (including phenoxy) is 3. The lowest BCUT2D eigenvalue weighted by Crippen LogP contribution is -2.50. The minimum Gasteiger partial charge on any atom is -0.497 e. The number of rotatable bonds is 9. The van der Waals surface area contributed by atoms with Gasteiger partial charge in [0.25, 0.3) is 5.91 Å². The molecule has 234 valence electrons. The highest BCUT2D eigenvalue weighted by Gasteiger charge is 2.49. The number of anilines is 1. The second-order valence-electron chi connectivity index (χ2n) is 12.2. The number of benzene rings is 3. The number of carbonyl (C=O) groups excluding carboxylic acids is 2. The molecule has 5 atom stereocenters. The van der Waals surface area contributed by atoms with Crippen molar-refractivity contribution in [3.63, 3.8) is 0 Å². The zero-order valence-electron chi connectivity index (χ0n) is 25.9. The first-order chi connectivity index (χ1) is 21.0. The molecule has 10 heteroatoms. The lowest BCUT2D eigenvalue weighted by atomic mass is 9.86. The predicted molar refractivity (Wildman–Crippen MR) is 169 cm³/mol. The molecular weight excluding hydrogens is 579 g/mol. The van der Waals surface area contributed by atoms with E-state index in [-0.39, 0.29) is 36.8 Å². The van der Waals surface area contributed by atoms with E-state index in [2.05, 4.69) is 5.32 Å². The molecule has 0 fully saturated rings. The van der Waals surface area contributed by atoms with Crippen molar-refractivity contribution in [3.05, 3.63) is 89.0 Å². The van der Waals surface area contributed by atoms with Gasteiger partial charge in [0, 0.05) is 48.3 Å². The third kappa shape index (κ3) is 6.52. The largest absolute Gasteiger partial charge is 0.497 e. The molecule has 3 aromatic rings. The normalized spacial score (nSPS) is 21.8. The maximum absolute atomic E-state index is 16.1. The molecule has 0 radical (unpaired) electrons. The van der Waals surface area contributed by atoms with Crippen LogP contribution in [0.15, 0.2) is 66.7 Å². The van der Waals surface area contributed by atoms with Crippen molar-refractivity contribution in [2.75, 3.05) is 26.1 Å². The van der Waals surface area contributed by atoms with E-state index in [1.165, 1.54) is 0 Å². The molecule has 2 N–H and O–H groups in total. The molecule has 2 amide bonds. The van der Waals surface area contributed by atoms with Crippen molar-refractivity contribution in [3.8, 4) is 11.5 Å². The number of halogens is 1. The van der Waals surface area contributed by atoms with Crippen LogP contribution in [0.4, 0.5) is 9.80 Å². The summed E-state index contributed by atoms with van der Waals surface area (Å²) in [5.74, 6) is 0.464. The van der Waals surface area contributed by atoms with Crippen LogP contribution in [0.25, 0.3) is 0 Å². The highest BCUT2D eigenvalue weighted by atomic mass is 28.4. The van der Waals surface area contributed by atoms with Crippen LogP contribution in [0.5, 0.6) is 11.5 Å². The molecular formula is C34H41FN2O6Si. The molecule has 0 saturated carbocycles. The van der Waals surface area contributed by atoms with Crippen LogP contribution < -0.4 is 14.8 Å². The van der Waals surface area contributed by atoms with Gasteiger partial charge in [-0.15, -0.1) is 0 Å². The lowest BCUT2D eigenvalue weighted by molar-refractivity contribution is -0.136. The van der Waals surface area contributed by atoms with Gasteiger partial charge in [-0.1, -0.05) is 31.2 Å². The van der Waals surface area contributed by atoms with E-state index < -0.39 is 26.2 Å². The van der Waals surface area contributed by atoms with Gasteiger partial charge in [-0.25, -0.2) is 0 Å². The molecule has 2 aliphatic rings. The van der Waals surface area contributed by atoms with Crippen molar-refractivity contribution in [1.82, 2.24) is 4.90 Å². The molecule has 44 heavy (non-hydrogen) atoms. The third-order valence-electron chi connectivity index (χ3n) is 9.00. The highest BCUT2D eigenvalue weighted by Crippen LogP contribution is 2.48. The molecule has 0 spiro atoms. The quantitative estimate of drug-likeness (QED) is 0.228. The van der Waals surface area contributed by atoms with E-state index in [4.69, 9.17) is 14.2 Å². The average molecular weight is 621 g/mol. The fraction of sp³-hybridized carbons (Fsp3) is 0.412. The fourth-order valence-corrected chi connectivity index (χ4v) is 8.31. The van der Waals surface area contributed by atoms with Gasteiger partial charge in [-0.05, 0) is 73.1 Å². The van der Waals surface area contributed by atoms with Crippen LogP contribution in [-0.4, -0.2) is 63.2 Å². The SMILES string of the molecule is COc1ccc(C(=O)Nc2ccc3c(c2)[C@@H](OC)[C@H](C)[C@@H](C(CC(=O)N2Cc4ccccc4C[C@H]2CO)[Si](C)(C)F)O3)cc1. The number of methoxy groups -OCH3 is 2. The van der Waals surface area contributed by atoms with Crippen molar-refractivity contribution in [2.24, 2.45) is 5.92 Å². The minimum absolute atomic E-state index is 0.0227. The Hall–Kier alpha value is -3.73. The van der Waals surface area contributed by atoms with E-state index in [0.717, 1.165) is 16.7 Å². The van der Waals surface area contributed by atoms with Gasteiger partial charge in [0.05, 0.1) is 25.9 Å². The number of carbonyl (C=O) groups is 2. The number of nitrogens with one attached hydrogen (secondary N) is 1. The van der Waals surface area contributed by atoms with Crippen molar-refractivity contribution < 1.29 is 33.0 Å². The average Bonchev–Trinajstić information content (AvgIpc) is 3.02. The number of hydrogen-bond donors (Lipinski definition) is 2. The maximum atomic E-state index is 16.1. The summed E-state index contributed by atoms with van der Waals surface area (Å²) >= 11 is 0. The second kappa shape index (κ2) is 13.1. The number of aliphatic hydroxyl groups is 1. The molecule has 3 aromatic carbocycles. The Morgan fingerprint density at radius 1 is 1.09 bits per heavy atom. The summed E-state index contributed by atoms with van der Waals surface area (Å²) in [5, 5.41) is 13.1. The summed E-state index contributed by atoms with van der Waals surface area (Å²) in [5.41, 5.74) is 3.33. The first kappa shape index (κ1) is 31.7. The van der Waals surface area contributed by atoms with E-state index in [0.29, 0.717) is 35.7 Å².